The molecule has 1 N–H and O–H groups in total. The number of morpholine rings is 1. The summed E-state index contributed by atoms with van der Waals surface area (Å²) < 4.78 is 11.1. The highest BCUT2D eigenvalue weighted by Gasteiger charge is 2.47. The van der Waals surface area contributed by atoms with Gasteiger partial charge in [0.25, 0.3) is 0 Å². The summed E-state index contributed by atoms with van der Waals surface area (Å²) in [6.07, 6.45) is 14.3. The van der Waals surface area contributed by atoms with Crippen LogP contribution in [-0.2, 0) is 9.47 Å². The summed E-state index contributed by atoms with van der Waals surface area (Å²) in [6, 6.07) is 0. The lowest BCUT2D eigenvalue weighted by Crippen LogP contribution is -2.43. The summed E-state index contributed by atoms with van der Waals surface area (Å²) in [4.78, 5) is 14.6. The van der Waals surface area contributed by atoms with Crippen LogP contribution in [0.4, 0.5) is 4.79 Å². The van der Waals surface area contributed by atoms with Crippen molar-refractivity contribution in [2.45, 2.75) is 63.9 Å². The number of hydrogen-bond donors (Lipinski definition) is 1. The molecule has 1 saturated heterocycles. The molecule has 5 heteroatoms. The maximum absolute atomic E-state index is 12.3. The fourth-order valence-electron chi connectivity index (χ4n) is 7.33. The predicted octanol–water partition coefficient (Wildman–Crippen LogP) is 3.99. The molecular formula is C24H38N2O3. The van der Waals surface area contributed by atoms with Gasteiger partial charge in [0, 0.05) is 26.2 Å². The minimum atomic E-state index is -0.251. The molecule has 1 heterocycles. The van der Waals surface area contributed by atoms with Crippen LogP contribution in [0.1, 0.15) is 57.8 Å². The van der Waals surface area contributed by atoms with Crippen LogP contribution < -0.4 is 5.32 Å². The number of amides is 1. The van der Waals surface area contributed by atoms with Crippen molar-refractivity contribution in [2.24, 2.45) is 29.6 Å². The minimum absolute atomic E-state index is 0.0241. The number of ether oxygens (including phenoxy) is 2. The van der Waals surface area contributed by atoms with Gasteiger partial charge in [0.05, 0.1) is 13.2 Å². The quantitative estimate of drug-likeness (QED) is 0.723. The fourth-order valence-corrected chi connectivity index (χ4v) is 7.33. The molecule has 6 atom stereocenters. The summed E-state index contributed by atoms with van der Waals surface area (Å²) in [5, 5.41) is 2.95. The Morgan fingerprint density at radius 2 is 1.93 bits per heavy atom. The molecule has 3 saturated carbocycles. The summed E-state index contributed by atoms with van der Waals surface area (Å²) in [6.45, 7) is 5.02. The Kier molecular flexibility index (Phi) is 6.14. The molecule has 1 amide bonds. The molecular weight excluding hydrogens is 364 g/mol. The minimum Gasteiger partial charge on any atom is -0.442 e. The van der Waals surface area contributed by atoms with E-state index in [2.05, 4.69) is 16.3 Å². The van der Waals surface area contributed by atoms with E-state index < -0.39 is 0 Å². The number of carbonyl (C=O) groups excluding carboxylic acids is 1. The van der Waals surface area contributed by atoms with E-state index in [0.717, 1.165) is 68.9 Å². The van der Waals surface area contributed by atoms with Gasteiger partial charge < -0.3 is 14.8 Å². The molecule has 4 aliphatic carbocycles. The fraction of sp³-hybridized carbons (Fsp3) is 0.875. The van der Waals surface area contributed by atoms with Crippen molar-refractivity contribution in [3.05, 3.63) is 11.6 Å². The Morgan fingerprint density at radius 1 is 1.03 bits per heavy atom. The zero-order valence-corrected chi connectivity index (χ0v) is 17.8. The normalized spacial score (nSPS) is 39.7. The molecule has 0 aromatic rings. The van der Waals surface area contributed by atoms with Crippen LogP contribution in [0.2, 0.25) is 0 Å². The van der Waals surface area contributed by atoms with Crippen LogP contribution in [0.3, 0.4) is 0 Å². The van der Waals surface area contributed by atoms with Gasteiger partial charge in [0.2, 0.25) is 0 Å². The first-order valence-corrected chi connectivity index (χ1v) is 12.2. The van der Waals surface area contributed by atoms with E-state index in [9.17, 15) is 4.79 Å². The Morgan fingerprint density at radius 3 is 2.83 bits per heavy atom. The van der Waals surface area contributed by atoms with Crippen LogP contribution in [0.5, 0.6) is 0 Å². The van der Waals surface area contributed by atoms with E-state index in [4.69, 9.17) is 9.47 Å². The molecule has 29 heavy (non-hydrogen) atoms. The number of nitrogens with one attached hydrogen (secondary N) is 1. The van der Waals surface area contributed by atoms with E-state index in [1.165, 1.54) is 51.4 Å². The van der Waals surface area contributed by atoms with E-state index in [0.29, 0.717) is 6.54 Å². The van der Waals surface area contributed by atoms with Crippen molar-refractivity contribution in [3.8, 4) is 0 Å². The third-order valence-corrected chi connectivity index (χ3v) is 8.67. The monoisotopic (exact) mass is 402 g/mol. The molecule has 0 spiro atoms. The summed E-state index contributed by atoms with van der Waals surface area (Å²) in [5.74, 6) is 4.75. The smallest absolute Gasteiger partial charge is 0.407 e. The molecule has 0 radical (unpaired) electrons. The molecule has 5 aliphatic rings. The Hall–Kier alpha value is -1.07. The summed E-state index contributed by atoms with van der Waals surface area (Å²) in [7, 11) is 0. The number of allylic oxidation sites excluding steroid dienone is 1. The first kappa shape index (κ1) is 19.9. The van der Waals surface area contributed by atoms with E-state index in [-0.39, 0.29) is 12.2 Å². The zero-order valence-electron chi connectivity index (χ0n) is 17.8. The molecule has 0 aromatic carbocycles. The number of alkyl carbamates (subject to hydrolysis) is 1. The molecule has 0 aromatic heterocycles. The highest BCUT2D eigenvalue weighted by atomic mass is 16.6. The van der Waals surface area contributed by atoms with E-state index >= 15 is 0 Å². The average molecular weight is 403 g/mol. The van der Waals surface area contributed by atoms with Gasteiger partial charge in [-0.2, -0.15) is 0 Å². The van der Waals surface area contributed by atoms with Crippen LogP contribution in [-0.4, -0.2) is 56.5 Å². The second kappa shape index (κ2) is 8.97. The first-order valence-electron chi connectivity index (χ1n) is 12.2. The number of hydrogen-bond acceptors (Lipinski definition) is 4. The molecule has 4 fully saturated rings. The highest BCUT2D eigenvalue weighted by molar-refractivity contribution is 5.67. The van der Waals surface area contributed by atoms with Gasteiger partial charge in [-0.15, -0.1) is 0 Å². The summed E-state index contributed by atoms with van der Waals surface area (Å²) in [5.41, 5.74) is 1.61. The number of carbonyl (C=O) groups is 1. The van der Waals surface area contributed by atoms with Crippen molar-refractivity contribution in [1.82, 2.24) is 10.2 Å². The van der Waals surface area contributed by atoms with Gasteiger partial charge in [-0.3, -0.25) is 4.90 Å². The molecule has 0 bridgehead atoms. The molecule has 162 valence electrons. The Balaban J connectivity index is 1.11. The Labute approximate surface area is 175 Å². The topological polar surface area (TPSA) is 50.8 Å². The third kappa shape index (κ3) is 4.36. The third-order valence-electron chi connectivity index (χ3n) is 8.67. The predicted molar refractivity (Wildman–Crippen MR) is 113 cm³/mol. The molecule has 6 unspecified atom stereocenters. The molecule has 5 nitrogen and oxygen atoms in total. The van der Waals surface area contributed by atoms with Crippen LogP contribution in [0.25, 0.3) is 0 Å². The van der Waals surface area contributed by atoms with Crippen molar-refractivity contribution >= 4 is 6.09 Å². The van der Waals surface area contributed by atoms with Gasteiger partial charge in [-0.1, -0.05) is 18.4 Å². The van der Waals surface area contributed by atoms with E-state index in [1.807, 2.05) is 0 Å². The van der Waals surface area contributed by atoms with Crippen LogP contribution in [0, 0.1) is 29.6 Å². The van der Waals surface area contributed by atoms with E-state index in [1.54, 1.807) is 5.57 Å². The second-order valence-electron chi connectivity index (χ2n) is 10.0. The SMILES string of the molecule is O=C(NCCN1CCOCC1)OC1C=C2CCC3C4CCCC4CCC3C2CC1. The van der Waals surface area contributed by atoms with Gasteiger partial charge >= 0.3 is 6.09 Å². The summed E-state index contributed by atoms with van der Waals surface area (Å²) >= 11 is 0. The lowest BCUT2D eigenvalue weighted by Gasteiger charge is -2.49. The van der Waals surface area contributed by atoms with Crippen molar-refractivity contribution in [2.75, 3.05) is 39.4 Å². The number of fused-ring (bicyclic) bond motifs is 5. The molecule has 5 rings (SSSR count). The van der Waals surface area contributed by atoms with Crippen molar-refractivity contribution in [1.29, 1.82) is 0 Å². The average Bonchev–Trinajstić information content (AvgIpc) is 3.23. The largest absolute Gasteiger partial charge is 0.442 e. The van der Waals surface area contributed by atoms with Crippen LogP contribution in [0.15, 0.2) is 11.6 Å². The number of rotatable bonds is 4. The maximum Gasteiger partial charge on any atom is 0.407 e. The highest BCUT2D eigenvalue weighted by Crippen LogP contribution is 2.56. The second-order valence-corrected chi connectivity index (χ2v) is 10.0. The van der Waals surface area contributed by atoms with Gasteiger partial charge in [-0.05, 0) is 80.6 Å². The van der Waals surface area contributed by atoms with Gasteiger partial charge in [0.15, 0.2) is 0 Å². The van der Waals surface area contributed by atoms with Crippen LogP contribution >= 0.6 is 0 Å². The Bertz CT molecular complexity index is 615. The lowest BCUT2D eigenvalue weighted by molar-refractivity contribution is 0.0351. The number of nitrogens with zero attached hydrogens (tertiary/aromatic N) is 1. The van der Waals surface area contributed by atoms with Gasteiger partial charge in [-0.25, -0.2) is 4.79 Å². The van der Waals surface area contributed by atoms with Crippen molar-refractivity contribution < 1.29 is 14.3 Å². The maximum atomic E-state index is 12.3. The first-order chi connectivity index (χ1) is 14.3. The van der Waals surface area contributed by atoms with Crippen molar-refractivity contribution in [3.63, 3.8) is 0 Å². The standard InChI is InChI=1S/C24H38N2O3/c27-24(25-10-11-26-12-14-28-15-13-26)29-19-6-9-21-18(16-19)5-8-22-20-3-1-2-17(20)4-7-23(21)22/h16-17,19-23H,1-15H2,(H,25,27). The zero-order chi connectivity index (χ0) is 19.6. The molecule has 1 aliphatic heterocycles. The van der Waals surface area contributed by atoms with Gasteiger partial charge in [0.1, 0.15) is 6.10 Å². The lowest BCUT2D eigenvalue weighted by atomic mass is 9.56.